The van der Waals surface area contributed by atoms with Crippen molar-refractivity contribution >= 4 is 67.8 Å². The maximum Gasteiger partial charge on any atom is 0.146 e. The molecule has 0 spiro atoms. The van der Waals surface area contributed by atoms with Crippen LogP contribution in [0.3, 0.4) is 0 Å². The molecule has 1 N–H and O–H groups in total. The second-order valence-corrected chi connectivity index (χ2v) is 7.79. The lowest BCUT2D eigenvalue weighted by Crippen LogP contribution is -2.33. The summed E-state index contributed by atoms with van der Waals surface area (Å²) in [4.78, 5) is 0. The fourth-order valence-electron chi connectivity index (χ4n) is 1.93. The summed E-state index contributed by atoms with van der Waals surface area (Å²) in [5, 5.41) is 3.42. The molecule has 1 aliphatic rings. The van der Waals surface area contributed by atoms with Crippen molar-refractivity contribution in [1.82, 2.24) is 5.32 Å². The molecule has 0 aromatic heterocycles. The van der Waals surface area contributed by atoms with E-state index in [-0.39, 0.29) is 0 Å². The van der Waals surface area contributed by atoms with Gasteiger partial charge in [-0.15, -0.1) is 0 Å². The SMILES string of the molecule is Ic1cc(I)c(OCC2CCCNC2)c(I)c1. The zero-order valence-electron chi connectivity index (χ0n) is 9.31. The standard InChI is InChI=1S/C12H14I3NO/c13-9-4-10(14)12(11(15)5-9)17-7-8-2-1-3-16-6-8/h4-5,8,16H,1-3,6-7H2. The highest BCUT2D eigenvalue weighted by Crippen LogP contribution is 2.30. The average molecular weight is 569 g/mol. The van der Waals surface area contributed by atoms with E-state index < -0.39 is 0 Å². The van der Waals surface area contributed by atoms with Gasteiger partial charge >= 0.3 is 0 Å². The Kier molecular flexibility index (Phi) is 6.08. The molecule has 0 bridgehead atoms. The zero-order valence-corrected chi connectivity index (χ0v) is 15.8. The van der Waals surface area contributed by atoms with Crippen molar-refractivity contribution in [2.75, 3.05) is 19.7 Å². The summed E-state index contributed by atoms with van der Waals surface area (Å²) in [5.41, 5.74) is 0. The van der Waals surface area contributed by atoms with E-state index in [0.29, 0.717) is 5.92 Å². The Morgan fingerprint density at radius 3 is 2.53 bits per heavy atom. The van der Waals surface area contributed by atoms with Crippen LogP contribution in [0, 0.1) is 16.6 Å². The lowest BCUT2D eigenvalue weighted by Gasteiger charge is -2.23. The Bertz CT molecular complexity index is 368. The van der Waals surface area contributed by atoms with Crippen LogP contribution in [-0.2, 0) is 0 Å². The molecule has 1 fully saturated rings. The smallest absolute Gasteiger partial charge is 0.146 e. The van der Waals surface area contributed by atoms with E-state index in [0.717, 1.165) is 25.4 Å². The Morgan fingerprint density at radius 1 is 1.24 bits per heavy atom. The molecule has 17 heavy (non-hydrogen) atoms. The van der Waals surface area contributed by atoms with E-state index in [4.69, 9.17) is 4.74 Å². The highest BCUT2D eigenvalue weighted by Gasteiger charge is 2.15. The fourth-order valence-corrected chi connectivity index (χ4v) is 5.83. The molecule has 1 aromatic rings. The molecule has 1 heterocycles. The summed E-state index contributed by atoms with van der Waals surface area (Å²) in [6, 6.07) is 4.33. The second kappa shape index (κ2) is 7.09. The molecule has 2 rings (SSSR count). The fraction of sp³-hybridized carbons (Fsp3) is 0.500. The largest absolute Gasteiger partial charge is 0.491 e. The topological polar surface area (TPSA) is 21.3 Å². The molecule has 1 unspecified atom stereocenters. The quantitative estimate of drug-likeness (QED) is 0.559. The third-order valence-corrected chi connectivity index (χ3v) is 5.05. The first kappa shape index (κ1) is 14.6. The van der Waals surface area contributed by atoms with Crippen molar-refractivity contribution in [3.63, 3.8) is 0 Å². The number of ether oxygens (including phenoxy) is 1. The Balaban J connectivity index is 1.98. The van der Waals surface area contributed by atoms with Gasteiger partial charge in [-0.05, 0) is 99.3 Å². The van der Waals surface area contributed by atoms with Gasteiger partial charge < -0.3 is 10.1 Å². The summed E-state index contributed by atoms with van der Waals surface area (Å²) in [6.07, 6.45) is 2.55. The van der Waals surface area contributed by atoms with E-state index in [2.05, 4.69) is 85.2 Å². The Morgan fingerprint density at radius 2 is 1.94 bits per heavy atom. The van der Waals surface area contributed by atoms with Gasteiger partial charge in [0.1, 0.15) is 5.75 Å². The predicted molar refractivity (Wildman–Crippen MR) is 95.7 cm³/mol. The predicted octanol–water partition coefficient (Wildman–Crippen LogP) is 3.88. The molecule has 0 radical (unpaired) electrons. The van der Waals surface area contributed by atoms with Gasteiger partial charge in [0.2, 0.25) is 0 Å². The van der Waals surface area contributed by atoms with Gasteiger partial charge in [-0.1, -0.05) is 0 Å². The summed E-state index contributed by atoms with van der Waals surface area (Å²) >= 11 is 7.06. The number of nitrogens with one attached hydrogen (secondary N) is 1. The second-order valence-electron chi connectivity index (χ2n) is 4.22. The van der Waals surface area contributed by atoms with Crippen LogP contribution >= 0.6 is 67.8 Å². The minimum absolute atomic E-state index is 0.662. The molecule has 94 valence electrons. The molecular weight excluding hydrogens is 555 g/mol. The van der Waals surface area contributed by atoms with Crippen LogP contribution in [0.5, 0.6) is 5.75 Å². The number of halogens is 3. The molecule has 0 saturated carbocycles. The van der Waals surface area contributed by atoms with Crippen LogP contribution in [0.15, 0.2) is 12.1 Å². The highest BCUT2D eigenvalue weighted by molar-refractivity contribution is 14.1. The number of hydrogen-bond donors (Lipinski definition) is 1. The normalized spacial score (nSPS) is 20.3. The lowest BCUT2D eigenvalue weighted by atomic mass is 10.0. The van der Waals surface area contributed by atoms with E-state index >= 15 is 0 Å². The molecule has 1 aromatic carbocycles. The number of rotatable bonds is 3. The maximum atomic E-state index is 6.00. The molecule has 1 atom stereocenters. The van der Waals surface area contributed by atoms with Crippen molar-refractivity contribution < 1.29 is 4.74 Å². The molecule has 1 aliphatic heterocycles. The molecule has 2 nitrogen and oxygen atoms in total. The van der Waals surface area contributed by atoms with Crippen molar-refractivity contribution in [3.05, 3.63) is 22.8 Å². The molecule has 5 heteroatoms. The van der Waals surface area contributed by atoms with Gasteiger partial charge in [0, 0.05) is 16.0 Å². The zero-order chi connectivity index (χ0) is 12.3. The van der Waals surface area contributed by atoms with Crippen molar-refractivity contribution in [3.8, 4) is 5.75 Å². The number of piperidine rings is 1. The monoisotopic (exact) mass is 569 g/mol. The molecular formula is C12H14I3NO. The van der Waals surface area contributed by atoms with Gasteiger partial charge in [-0.3, -0.25) is 0 Å². The van der Waals surface area contributed by atoms with Gasteiger partial charge in [-0.25, -0.2) is 0 Å². The summed E-state index contributed by atoms with van der Waals surface area (Å²) in [7, 11) is 0. The minimum Gasteiger partial charge on any atom is -0.491 e. The molecule has 1 saturated heterocycles. The van der Waals surface area contributed by atoms with Crippen LogP contribution < -0.4 is 10.1 Å². The molecule has 0 aliphatic carbocycles. The van der Waals surface area contributed by atoms with Gasteiger partial charge in [-0.2, -0.15) is 0 Å². The third-order valence-electron chi connectivity index (χ3n) is 2.83. The van der Waals surface area contributed by atoms with Crippen molar-refractivity contribution in [2.24, 2.45) is 5.92 Å². The summed E-state index contributed by atoms with van der Waals surface area (Å²) in [6.45, 7) is 3.09. The lowest BCUT2D eigenvalue weighted by molar-refractivity contribution is 0.216. The first-order valence-corrected chi connectivity index (χ1v) is 8.88. The van der Waals surface area contributed by atoms with Crippen LogP contribution in [0.4, 0.5) is 0 Å². The van der Waals surface area contributed by atoms with E-state index in [9.17, 15) is 0 Å². The third kappa shape index (κ3) is 4.34. The van der Waals surface area contributed by atoms with E-state index in [1.54, 1.807) is 0 Å². The summed E-state index contributed by atoms with van der Waals surface area (Å²) < 4.78 is 9.69. The Hall–Kier alpha value is 1.17. The van der Waals surface area contributed by atoms with Crippen LogP contribution in [0.2, 0.25) is 0 Å². The van der Waals surface area contributed by atoms with Gasteiger partial charge in [0.15, 0.2) is 0 Å². The van der Waals surface area contributed by atoms with E-state index in [1.807, 2.05) is 0 Å². The number of benzene rings is 1. The minimum atomic E-state index is 0.662. The van der Waals surface area contributed by atoms with Crippen LogP contribution in [-0.4, -0.2) is 19.7 Å². The van der Waals surface area contributed by atoms with Crippen molar-refractivity contribution in [1.29, 1.82) is 0 Å². The first-order valence-electron chi connectivity index (χ1n) is 5.65. The van der Waals surface area contributed by atoms with E-state index in [1.165, 1.54) is 23.6 Å². The molecule has 0 amide bonds. The van der Waals surface area contributed by atoms with Gasteiger partial charge in [0.25, 0.3) is 0 Å². The first-order chi connectivity index (χ1) is 8.16. The summed E-state index contributed by atoms with van der Waals surface area (Å²) in [5.74, 6) is 1.71. The van der Waals surface area contributed by atoms with Crippen molar-refractivity contribution in [2.45, 2.75) is 12.8 Å². The van der Waals surface area contributed by atoms with Crippen LogP contribution in [0.25, 0.3) is 0 Å². The number of hydrogen-bond acceptors (Lipinski definition) is 2. The maximum absolute atomic E-state index is 6.00. The average Bonchev–Trinajstić information content (AvgIpc) is 2.29. The highest BCUT2D eigenvalue weighted by atomic mass is 127. The van der Waals surface area contributed by atoms with Gasteiger partial charge in [0.05, 0.1) is 13.7 Å². The Labute approximate surface area is 143 Å². The van der Waals surface area contributed by atoms with Crippen LogP contribution in [0.1, 0.15) is 12.8 Å².